The fourth-order valence-corrected chi connectivity index (χ4v) is 2.29. The second-order valence-electron chi connectivity index (χ2n) is 4.74. The number of halogens is 1. The minimum absolute atomic E-state index is 0.0679. The summed E-state index contributed by atoms with van der Waals surface area (Å²) in [5.74, 6) is 0.0348. The first-order chi connectivity index (χ1) is 10.3. The molecule has 1 N–H and O–H groups in total. The Bertz CT molecular complexity index is 659. The summed E-state index contributed by atoms with van der Waals surface area (Å²) in [6.45, 7) is 0. The maximum Gasteiger partial charge on any atom is 0.214 e. The molecular weight excluding hydrogens is 263 g/mol. The highest BCUT2D eigenvalue weighted by Crippen LogP contribution is 2.25. The zero-order valence-electron chi connectivity index (χ0n) is 11.4. The van der Waals surface area contributed by atoms with Crippen LogP contribution in [-0.2, 0) is 0 Å². The summed E-state index contributed by atoms with van der Waals surface area (Å²) in [5.41, 5.74) is 2.21. The van der Waals surface area contributed by atoms with Crippen molar-refractivity contribution in [3.8, 4) is 0 Å². The van der Waals surface area contributed by atoms with Crippen LogP contribution in [0.5, 0.6) is 0 Å². The summed E-state index contributed by atoms with van der Waals surface area (Å²) in [6, 6.07) is 24.8. The van der Waals surface area contributed by atoms with Crippen LogP contribution in [0, 0.1) is 5.95 Å². The molecule has 0 unspecified atom stereocenters. The van der Waals surface area contributed by atoms with Gasteiger partial charge in [0.1, 0.15) is 5.82 Å². The van der Waals surface area contributed by atoms with Gasteiger partial charge in [0, 0.05) is 0 Å². The first-order valence-electron chi connectivity index (χ1n) is 6.82. The van der Waals surface area contributed by atoms with E-state index in [2.05, 4.69) is 10.3 Å². The van der Waals surface area contributed by atoms with Crippen molar-refractivity contribution in [2.45, 2.75) is 6.04 Å². The van der Waals surface area contributed by atoms with E-state index in [0.29, 0.717) is 5.82 Å². The SMILES string of the molecule is Fc1cccc(NC(c2ccccc2)c2ccccc2)n1. The fraction of sp³-hybridized carbons (Fsp3) is 0.0556. The highest BCUT2D eigenvalue weighted by atomic mass is 19.1. The summed E-state index contributed by atoms with van der Waals surface area (Å²) in [7, 11) is 0. The van der Waals surface area contributed by atoms with Crippen LogP contribution in [0.3, 0.4) is 0 Å². The van der Waals surface area contributed by atoms with Crippen molar-refractivity contribution in [3.05, 3.63) is 95.9 Å². The van der Waals surface area contributed by atoms with E-state index >= 15 is 0 Å². The van der Waals surface area contributed by atoms with Crippen LogP contribution in [0.15, 0.2) is 78.9 Å². The molecule has 0 bridgehead atoms. The lowest BCUT2D eigenvalue weighted by molar-refractivity contribution is 0.584. The Morgan fingerprint density at radius 3 is 1.81 bits per heavy atom. The average molecular weight is 278 g/mol. The number of nitrogens with zero attached hydrogens (tertiary/aromatic N) is 1. The number of rotatable bonds is 4. The van der Waals surface area contributed by atoms with Crippen molar-refractivity contribution in [3.63, 3.8) is 0 Å². The van der Waals surface area contributed by atoms with Crippen LogP contribution in [0.25, 0.3) is 0 Å². The molecule has 0 spiro atoms. The molecule has 0 saturated heterocycles. The van der Waals surface area contributed by atoms with Crippen LogP contribution < -0.4 is 5.32 Å². The lowest BCUT2D eigenvalue weighted by Gasteiger charge is -2.20. The minimum Gasteiger partial charge on any atom is -0.359 e. The van der Waals surface area contributed by atoms with Gasteiger partial charge in [0.25, 0.3) is 0 Å². The van der Waals surface area contributed by atoms with E-state index in [4.69, 9.17) is 0 Å². The molecule has 2 aromatic carbocycles. The number of hydrogen-bond acceptors (Lipinski definition) is 2. The van der Waals surface area contributed by atoms with Gasteiger partial charge in [-0.25, -0.2) is 4.98 Å². The highest BCUT2D eigenvalue weighted by molar-refractivity contribution is 5.44. The van der Waals surface area contributed by atoms with Crippen LogP contribution in [0.1, 0.15) is 17.2 Å². The summed E-state index contributed by atoms with van der Waals surface area (Å²) >= 11 is 0. The lowest BCUT2D eigenvalue weighted by atomic mass is 9.99. The second-order valence-corrected chi connectivity index (χ2v) is 4.74. The first kappa shape index (κ1) is 13.3. The standard InChI is InChI=1S/C18H15FN2/c19-16-12-7-13-17(20-16)21-18(14-8-3-1-4-9-14)15-10-5-2-6-11-15/h1-13,18H,(H,20,21). The molecule has 21 heavy (non-hydrogen) atoms. The number of hydrogen-bond donors (Lipinski definition) is 1. The van der Waals surface area contributed by atoms with Crippen molar-refractivity contribution in [1.82, 2.24) is 4.98 Å². The molecule has 0 aliphatic rings. The number of aromatic nitrogens is 1. The molecule has 1 heterocycles. The maximum atomic E-state index is 13.3. The average Bonchev–Trinajstić information content (AvgIpc) is 2.54. The quantitative estimate of drug-likeness (QED) is 0.714. The van der Waals surface area contributed by atoms with Gasteiger partial charge < -0.3 is 5.32 Å². The van der Waals surface area contributed by atoms with E-state index in [1.54, 1.807) is 12.1 Å². The topological polar surface area (TPSA) is 24.9 Å². The van der Waals surface area contributed by atoms with Gasteiger partial charge in [0.05, 0.1) is 6.04 Å². The second kappa shape index (κ2) is 6.18. The lowest BCUT2D eigenvalue weighted by Crippen LogP contribution is -2.13. The molecule has 104 valence electrons. The molecule has 0 aliphatic carbocycles. The van der Waals surface area contributed by atoms with E-state index < -0.39 is 5.95 Å². The first-order valence-corrected chi connectivity index (χ1v) is 6.82. The summed E-state index contributed by atoms with van der Waals surface area (Å²) in [5, 5.41) is 3.30. The van der Waals surface area contributed by atoms with E-state index in [-0.39, 0.29) is 6.04 Å². The third-order valence-corrected chi connectivity index (χ3v) is 3.27. The van der Waals surface area contributed by atoms with Gasteiger partial charge in [-0.05, 0) is 23.3 Å². The van der Waals surface area contributed by atoms with Gasteiger partial charge in [-0.15, -0.1) is 0 Å². The monoisotopic (exact) mass is 278 g/mol. The van der Waals surface area contributed by atoms with E-state index in [9.17, 15) is 4.39 Å². The minimum atomic E-state index is -0.486. The predicted molar refractivity (Wildman–Crippen MR) is 82.5 cm³/mol. The van der Waals surface area contributed by atoms with Crippen molar-refractivity contribution in [1.29, 1.82) is 0 Å². The predicted octanol–water partition coefficient (Wildman–Crippen LogP) is 4.42. The Labute approximate surface area is 123 Å². The van der Waals surface area contributed by atoms with Crippen molar-refractivity contribution < 1.29 is 4.39 Å². The third-order valence-electron chi connectivity index (χ3n) is 3.27. The molecule has 3 aromatic rings. The molecule has 0 fully saturated rings. The molecule has 0 saturated carbocycles. The van der Waals surface area contributed by atoms with Crippen LogP contribution in [-0.4, -0.2) is 4.98 Å². The van der Waals surface area contributed by atoms with Crippen molar-refractivity contribution in [2.24, 2.45) is 0 Å². The smallest absolute Gasteiger partial charge is 0.214 e. The summed E-state index contributed by atoms with van der Waals surface area (Å²) in [4.78, 5) is 3.89. The van der Waals surface area contributed by atoms with E-state index in [1.165, 1.54) is 6.07 Å². The van der Waals surface area contributed by atoms with Gasteiger partial charge in [-0.3, -0.25) is 0 Å². The van der Waals surface area contributed by atoms with E-state index in [1.807, 2.05) is 60.7 Å². The normalized spacial score (nSPS) is 10.6. The number of benzene rings is 2. The number of nitrogens with one attached hydrogen (secondary N) is 1. The third kappa shape index (κ3) is 3.26. The Kier molecular flexibility index (Phi) is 3.92. The Morgan fingerprint density at radius 1 is 0.714 bits per heavy atom. The largest absolute Gasteiger partial charge is 0.359 e. The van der Waals surface area contributed by atoms with E-state index in [0.717, 1.165) is 11.1 Å². The Hall–Kier alpha value is -2.68. The molecule has 0 radical (unpaired) electrons. The molecular formula is C18H15FN2. The van der Waals surface area contributed by atoms with Gasteiger partial charge >= 0.3 is 0 Å². The van der Waals surface area contributed by atoms with Crippen LogP contribution in [0.4, 0.5) is 10.2 Å². The van der Waals surface area contributed by atoms with Gasteiger partial charge in [0.2, 0.25) is 5.95 Å². The van der Waals surface area contributed by atoms with Crippen molar-refractivity contribution in [2.75, 3.05) is 5.32 Å². The summed E-state index contributed by atoms with van der Waals surface area (Å²) in [6.07, 6.45) is 0. The Morgan fingerprint density at radius 2 is 1.29 bits per heavy atom. The molecule has 3 rings (SSSR count). The number of pyridine rings is 1. The van der Waals surface area contributed by atoms with Gasteiger partial charge in [-0.1, -0.05) is 66.7 Å². The van der Waals surface area contributed by atoms with Crippen molar-refractivity contribution >= 4 is 5.82 Å². The maximum absolute atomic E-state index is 13.3. The fourth-order valence-electron chi connectivity index (χ4n) is 2.29. The summed E-state index contributed by atoms with van der Waals surface area (Å²) < 4.78 is 13.3. The van der Waals surface area contributed by atoms with Gasteiger partial charge in [0.15, 0.2) is 0 Å². The molecule has 0 aliphatic heterocycles. The van der Waals surface area contributed by atoms with Gasteiger partial charge in [-0.2, -0.15) is 4.39 Å². The molecule has 1 aromatic heterocycles. The zero-order chi connectivity index (χ0) is 14.5. The van der Waals surface area contributed by atoms with Crippen LogP contribution >= 0.6 is 0 Å². The Balaban J connectivity index is 1.97. The zero-order valence-corrected chi connectivity index (χ0v) is 11.4. The molecule has 3 heteroatoms. The molecule has 0 amide bonds. The highest BCUT2D eigenvalue weighted by Gasteiger charge is 2.14. The molecule has 0 atom stereocenters. The van der Waals surface area contributed by atoms with Crippen LogP contribution in [0.2, 0.25) is 0 Å². The molecule has 2 nitrogen and oxygen atoms in total. The number of anilines is 1.